The molecule has 0 N–H and O–H groups in total. The molecule has 34 heavy (non-hydrogen) atoms. The summed E-state index contributed by atoms with van der Waals surface area (Å²) in [5.74, 6) is 0.447. The first-order valence-corrected chi connectivity index (χ1v) is 12.2. The quantitative estimate of drug-likeness (QED) is 0.439. The van der Waals surface area contributed by atoms with E-state index in [0.717, 1.165) is 46.6 Å². The smallest absolute Gasteiger partial charge is 0.182 e. The van der Waals surface area contributed by atoms with Gasteiger partial charge < -0.3 is 4.90 Å². The molecule has 0 radical (unpaired) electrons. The van der Waals surface area contributed by atoms with Crippen molar-refractivity contribution >= 4 is 11.5 Å². The molecule has 3 aromatic carbocycles. The molecule has 0 bridgehead atoms. The van der Waals surface area contributed by atoms with Crippen LogP contribution in [0, 0.1) is 28.1 Å². The summed E-state index contributed by atoms with van der Waals surface area (Å²) in [6.45, 7) is 0. The first-order chi connectivity index (χ1) is 16.8. The predicted molar refractivity (Wildman–Crippen MR) is 134 cm³/mol. The molecule has 2 aliphatic heterocycles. The highest BCUT2D eigenvalue weighted by molar-refractivity contribution is 6.11. The Hall–Kier alpha value is -3.89. The maximum absolute atomic E-state index is 10.7. The Morgan fingerprint density at radius 2 is 1.41 bits per heavy atom. The molecule has 2 heterocycles. The minimum absolute atomic E-state index is 0.230. The highest BCUT2D eigenvalue weighted by atomic mass is 15.3. The molecule has 6 rings (SSSR count). The molecule has 3 aromatic rings. The molecular formula is C30H26N4. The minimum Gasteiger partial charge on any atom is -0.319 e. The van der Waals surface area contributed by atoms with E-state index in [9.17, 15) is 10.5 Å². The summed E-state index contributed by atoms with van der Waals surface area (Å²) < 4.78 is 0. The molecule has 0 unspecified atom stereocenters. The number of nitrogens with zero attached hydrogens (tertiary/aromatic N) is 4. The van der Waals surface area contributed by atoms with Gasteiger partial charge in [-0.15, -0.1) is 0 Å². The van der Waals surface area contributed by atoms with Crippen LogP contribution in [0.1, 0.15) is 55.2 Å². The summed E-state index contributed by atoms with van der Waals surface area (Å²) in [5.41, 5.74) is 3.97. The number of aliphatic imine (C=N–C) groups is 1. The molecule has 1 saturated heterocycles. The highest BCUT2D eigenvalue weighted by Crippen LogP contribution is 2.61. The molecule has 1 aliphatic carbocycles. The summed E-state index contributed by atoms with van der Waals surface area (Å²) in [5, 5.41) is 21.5. The number of nitriles is 2. The first kappa shape index (κ1) is 20.7. The van der Waals surface area contributed by atoms with E-state index < -0.39 is 17.4 Å². The number of hydrogen-bond acceptors (Lipinski definition) is 3. The summed E-state index contributed by atoms with van der Waals surface area (Å²) in [6, 6.07) is 31.5. The zero-order chi connectivity index (χ0) is 23.1. The van der Waals surface area contributed by atoms with Crippen LogP contribution in [0.25, 0.3) is 11.1 Å². The number of para-hydroxylation sites is 1. The van der Waals surface area contributed by atoms with Crippen LogP contribution < -0.4 is 4.90 Å². The zero-order valence-electron chi connectivity index (χ0n) is 19.1. The average Bonchev–Trinajstić information content (AvgIpc) is 3.20. The van der Waals surface area contributed by atoms with Crippen molar-refractivity contribution in [2.75, 3.05) is 4.90 Å². The van der Waals surface area contributed by atoms with E-state index >= 15 is 0 Å². The van der Waals surface area contributed by atoms with E-state index in [0.29, 0.717) is 0 Å². The number of anilines is 1. The molecule has 0 spiro atoms. The van der Waals surface area contributed by atoms with Crippen LogP contribution >= 0.6 is 0 Å². The minimum atomic E-state index is -1.29. The van der Waals surface area contributed by atoms with Crippen LogP contribution in [0.4, 0.5) is 5.69 Å². The van der Waals surface area contributed by atoms with E-state index in [4.69, 9.17) is 4.99 Å². The van der Waals surface area contributed by atoms with Crippen molar-refractivity contribution in [2.24, 2.45) is 10.4 Å². The van der Waals surface area contributed by atoms with Gasteiger partial charge in [0.2, 0.25) is 0 Å². The third-order valence-corrected chi connectivity index (χ3v) is 7.75. The number of benzene rings is 3. The fourth-order valence-corrected chi connectivity index (χ4v) is 6.24. The Labute approximate surface area is 200 Å². The lowest BCUT2D eigenvalue weighted by molar-refractivity contribution is 0.433. The van der Waals surface area contributed by atoms with Crippen molar-refractivity contribution in [1.29, 1.82) is 10.5 Å². The third kappa shape index (κ3) is 2.92. The fourth-order valence-electron chi connectivity index (χ4n) is 6.24. The number of amidine groups is 1. The molecule has 166 valence electrons. The second kappa shape index (κ2) is 8.15. The lowest BCUT2D eigenvalue weighted by Crippen LogP contribution is -2.35. The van der Waals surface area contributed by atoms with Crippen molar-refractivity contribution in [1.82, 2.24) is 0 Å². The van der Waals surface area contributed by atoms with Crippen LogP contribution in [-0.4, -0.2) is 11.9 Å². The van der Waals surface area contributed by atoms with E-state index in [2.05, 4.69) is 47.4 Å². The average molecular weight is 443 g/mol. The Balaban J connectivity index is 1.67. The molecule has 0 amide bonds. The van der Waals surface area contributed by atoms with Crippen molar-refractivity contribution in [3.05, 3.63) is 90.0 Å². The van der Waals surface area contributed by atoms with Gasteiger partial charge in [-0.3, -0.25) is 4.99 Å². The van der Waals surface area contributed by atoms with Gasteiger partial charge in [-0.2, -0.15) is 10.5 Å². The standard InChI is InChI=1S/C30H26N4/c31-19-30(20-32)27(21-11-3-1-4-12-21)29(33-22-13-5-2-6-14-22)34-26-18-10-9-16-24(26)23-15-7-8-17-25(23)28(30)34/h1,3-4,7-12,15-18,22,27-28H,2,5-6,13-14H2/t27-,28+/m1/s1. The fraction of sp³-hybridized carbons (Fsp3) is 0.300. The van der Waals surface area contributed by atoms with Crippen LogP contribution in [0.2, 0.25) is 0 Å². The zero-order valence-corrected chi connectivity index (χ0v) is 19.1. The van der Waals surface area contributed by atoms with Crippen LogP contribution in [-0.2, 0) is 0 Å². The first-order valence-electron chi connectivity index (χ1n) is 12.2. The van der Waals surface area contributed by atoms with E-state index in [1.807, 2.05) is 48.5 Å². The summed E-state index contributed by atoms with van der Waals surface area (Å²) in [4.78, 5) is 7.61. The summed E-state index contributed by atoms with van der Waals surface area (Å²) in [7, 11) is 0. The van der Waals surface area contributed by atoms with Crippen molar-refractivity contribution in [2.45, 2.75) is 50.1 Å². The number of rotatable bonds is 2. The van der Waals surface area contributed by atoms with Crippen molar-refractivity contribution in [3.63, 3.8) is 0 Å². The van der Waals surface area contributed by atoms with E-state index in [1.165, 1.54) is 19.3 Å². The van der Waals surface area contributed by atoms with Gasteiger partial charge in [-0.1, -0.05) is 92.1 Å². The molecule has 3 aliphatic rings. The molecule has 4 heteroatoms. The van der Waals surface area contributed by atoms with Gasteiger partial charge in [0.1, 0.15) is 5.84 Å². The van der Waals surface area contributed by atoms with E-state index in [-0.39, 0.29) is 6.04 Å². The van der Waals surface area contributed by atoms with Gasteiger partial charge in [0, 0.05) is 5.56 Å². The van der Waals surface area contributed by atoms with Gasteiger partial charge in [0.05, 0.1) is 35.8 Å². The Kier molecular flexibility index (Phi) is 4.96. The monoisotopic (exact) mass is 442 g/mol. The predicted octanol–water partition coefficient (Wildman–Crippen LogP) is 6.78. The molecule has 0 aromatic heterocycles. The second-order valence-corrected chi connectivity index (χ2v) is 9.59. The largest absolute Gasteiger partial charge is 0.319 e. The molecule has 2 fully saturated rings. The Morgan fingerprint density at radius 1 is 0.765 bits per heavy atom. The van der Waals surface area contributed by atoms with Gasteiger partial charge in [-0.25, -0.2) is 0 Å². The van der Waals surface area contributed by atoms with Gasteiger partial charge >= 0.3 is 0 Å². The van der Waals surface area contributed by atoms with Crippen molar-refractivity contribution in [3.8, 4) is 23.3 Å². The highest BCUT2D eigenvalue weighted by Gasteiger charge is 2.62. The molecule has 4 nitrogen and oxygen atoms in total. The van der Waals surface area contributed by atoms with Gasteiger partial charge in [0.15, 0.2) is 5.41 Å². The second-order valence-electron chi connectivity index (χ2n) is 9.59. The molecular weight excluding hydrogens is 416 g/mol. The SMILES string of the molecule is N#CC1(C#N)[C@@H]2c3ccccc3-c3ccccc3N2C(=NC2CCCCC2)[C@H]1c1ccccc1. The van der Waals surface area contributed by atoms with Gasteiger partial charge in [0.25, 0.3) is 0 Å². The molecule has 1 saturated carbocycles. The number of fused-ring (bicyclic) bond motifs is 6. The maximum atomic E-state index is 10.7. The Morgan fingerprint density at radius 3 is 2.15 bits per heavy atom. The van der Waals surface area contributed by atoms with Crippen LogP contribution in [0.15, 0.2) is 83.9 Å². The Bertz CT molecular complexity index is 1320. The number of hydrogen-bond donors (Lipinski definition) is 0. The van der Waals surface area contributed by atoms with Crippen LogP contribution in [0.3, 0.4) is 0 Å². The van der Waals surface area contributed by atoms with Crippen molar-refractivity contribution < 1.29 is 0 Å². The topological polar surface area (TPSA) is 63.2 Å². The summed E-state index contributed by atoms with van der Waals surface area (Å²) >= 11 is 0. The molecule has 2 atom stereocenters. The lowest BCUT2D eigenvalue weighted by atomic mass is 9.69. The third-order valence-electron chi connectivity index (χ3n) is 7.75. The maximum Gasteiger partial charge on any atom is 0.182 e. The normalized spacial score (nSPS) is 23.9. The van der Waals surface area contributed by atoms with Crippen LogP contribution in [0.5, 0.6) is 0 Å². The lowest BCUT2D eigenvalue weighted by Gasteiger charge is -2.38. The summed E-state index contributed by atoms with van der Waals surface area (Å²) in [6.07, 6.45) is 5.75. The van der Waals surface area contributed by atoms with E-state index in [1.54, 1.807) is 0 Å². The van der Waals surface area contributed by atoms with Gasteiger partial charge in [-0.05, 0) is 35.6 Å².